The van der Waals surface area contributed by atoms with Crippen molar-refractivity contribution in [2.24, 2.45) is 0 Å². The molecular weight excluding hydrogens is 430 g/mol. The zero-order valence-electron chi connectivity index (χ0n) is 19.6. The third-order valence-corrected chi connectivity index (χ3v) is 6.89. The van der Waals surface area contributed by atoms with Crippen LogP contribution < -0.4 is 4.74 Å². The van der Waals surface area contributed by atoms with Crippen LogP contribution in [-0.4, -0.2) is 21.2 Å². The van der Waals surface area contributed by atoms with Crippen LogP contribution in [0.3, 0.4) is 0 Å². The zero-order valence-corrected chi connectivity index (χ0v) is 19.6. The Labute approximate surface area is 202 Å². The molecule has 7 rings (SSSR count). The number of ether oxygens (including phenoxy) is 1. The summed E-state index contributed by atoms with van der Waals surface area (Å²) in [6.45, 7) is 2.04. The molecule has 0 radical (unpaired) electrons. The van der Waals surface area contributed by atoms with Crippen molar-refractivity contribution in [3.63, 3.8) is 0 Å². The first-order valence-electron chi connectivity index (χ1n) is 11.8. The Kier molecular flexibility index (Phi) is 4.24. The molecule has 3 heterocycles. The van der Waals surface area contributed by atoms with E-state index in [1.54, 1.807) is 7.11 Å². The fourth-order valence-electron chi connectivity index (χ4n) is 5.41. The summed E-state index contributed by atoms with van der Waals surface area (Å²) in [5.74, 6) is 1.74. The number of para-hydroxylation sites is 2. The summed E-state index contributed by atoms with van der Waals surface area (Å²) in [6.07, 6.45) is 0. The van der Waals surface area contributed by atoms with Crippen molar-refractivity contribution in [1.82, 2.24) is 14.1 Å². The lowest BCUT2D eigenvalue weighted by atomic mass is 10.1. The molecule has 0 aliphatic heterocycles. The predicted molar refractivity (Wildman–Crippen MR) is 144 cm³/mol. The summed E-state index contributed by atoms with van der Waals surface area (Å²) in [6, 6.07) is 36.2. The number of aryl methyl sites for hydroxylation is 1. The van der Waals surface area contributed by atoms with E-state index in [0.29, 0.717) is 0 Å². The van der Waals surface area contributed by atoms with Crippen molar-refractivity contribution in [2.45, 2.75) is 6.92 Å². The van der Waals surface area contributed by atoms with Crippen molar-refractivity contribution in [1.29, 1.82) is 0 Å². The Hall–Kier alpha value is -4.57. The fraction of sp³-hybridized carbons (Fsp3) is 0.0645. The molecule has 0 aliphatic rings. The van der Waals surface area contributed by atoms with Crippen LogP contribution in [0.25, 0.3) is 55.1 Å². The van der Waals surface area contributed by atoms with E-state index >= 15 is 0 Å². The van der Waals surface area contributed by atoms with Gasteiger partial charge in [-0.1, -0.05) is 48.5 Å². The van der Waals surface area contributed by atoms with Crippen LogP contribution >= 0.6 is 0 Å². The SMILES string of the molecule is COc1ccc2c3ccc4c(c5ccccc5n4-c4ccccc4)c3n(-c3cccc(C)n3)c2c1. The van der Waals surface area contributed by atoms with Gasteiger partial charge >= 0.3 is 0 Å². The molecule has 168 valence electrons. The number of pyridine rings is 1. The zero-order chi connectivity index (χ0) is 23.5. The molecule has 7 aromatic rings. The van der Waals surface area contributed by atoms with Gasteiger partial charge in [0.15, 0.2) is 0 Å². The summed E-state index contributed by atoms with van der Waals surface area (Å²) in [7, 11) is 1.71. The predicted octanol–water partition coefficient (Wildman–Crippen LogP) is 7.59. The van der Waals surface area contributed by atoms with Crippen LogP contribution in [0, 0.1) is 6.92 Å². The summed E-state index contributed by atoms with van der Waals surface area (Å²) in [5, 5.41) is 4.83. The maximum Gasteiger partial charge on any atom is 0.137 e. The molecule has 0 atom stereocenters. The molecule has 0 unspecified atom stereocenters. The number of rotatable bonds is 3. The number of hydrogen-bond donors (Lipinski definition) is 0. The largest absolute Gasteiger partial charge is 0.497 e. The van der Waals surface area contributed by atoms with Crippen LogP contribution in [0.1, 0.15) is 5.69 Å². The normalized spacial score (nSPS) is 11.7. The van der Waals surface area contributed by atoms with E-state index in [0.717, 1.165) is 34.0 Å². The van der Waals surface area contributed by atoms with E-state index < -0.39 is 0 Å². The van der Waals surface area contributed by atoms with Gasteiger partial charge in [0.2, 0.25) is 0 Å². The average Bonchev–Trinajstić information content (AvgIpc) is 3.41. The molecule has 0 aliphatic carbocycles. The molecule has 0 bridgehead atoms. The van der Waals surface area contributed by atoms with Crippen molar-refractivity contribution in [2.75, 3.05) is 7.11 Å². The van der Waals surface area contributed by atoms with Crippen molar-refractivity contribution in [3.05, 3.63) is 109 Å². The van der Waals surface area contributed by atoms with Gasteiger partial charge in [-0.05, 0) is 55.5 Å². The monoisotopic (exact) mass is 453 g/mol. The van der Waals surface area contributed by atoms with Crippen LogP contribution in [0.2, 0.25) is 0 Å². The summed E-state index contributed by atoms with van der Waals surface area (Å²) < 4.78 is 10.3. The summed E-state index contributed by atoms with van der Waals surface area (Å²) >= 11 is 0. The summed E-state index contributed by atoms with van der Waals surface area (Å²) in [4.78, 5) is 4.94. The van der Waals surface area contributed by atoms with E-state index in [1.807, 2.05) is 19.1 Å². The van der Waals surface area contributed by atoms with Crippen LogP contribution in [0.15, 0.2) is 103 Å². The van der Waals surface area contributed by atoms with Crippen molar-refractivity contribution >= 4 is 43.6 Å². The minimum Gasteiger partial charge on any atom is -0.497 e. The van der Waals surface area contributed by atoms with E-state index in [4.69, 9.17) is 9.72 Å². The van der Waals surface area contributed by atoms with Crippen LogP contribution in [-0.2, 0) is 0 Å². The number of benzene rings is 4. The number of nitrogens with zero attached hydrogens (tertiary/aromatic N) is 3. The second-order valence-corrected chi connectivity index (χ2v) is 8.90. The topological polar surface area (TPSA) is 32.0 Å². The lowest BCUT2D eigenvalue weighted by Crippen LogP contribution is -1.99. The molecule has 0 saturated heterocycles. The molecule has 3 aromatic heterocycles. The van der Waals surface area contributed by atoms with Crippen LogP contribution in [0.5, 0.6) is 5.75 Å². The van der Waals surface area contributed by atoms with Gasteiger partial charge in [-0.25, -0.2) is 4.98 Å². The highest BCUT2D eigenvalue weighted by atomic mass is 16.5. The Morgan fingerprint density at radius 2 is 1.43 bits per heavy atom. The second-order valence-electron chi connectivity index (χ2n) is 8.90. The quantitative estimate of drug-likeness (QED) is 0.276. The standard InChI is InChI=1S/C31H23N3O/c1-20-9-8-14-29(32-20)34-28-19-22(35-2)15-16-23(28)24-17-18-27-30(31(24)34)25-12-6-7-13-26(25)33(27)21-10-4-3-5-11-21/h3-19H,1-2H3. The highest BCUT2D eigenvalue weighted by Crippen LogP contribution is 2.42. The van der Waals surface area contributed by atoms with Gasteiger partial charge in [0.1, 0.15) is 11.6 Å². The number of fused-ring (bicyclic) bond motifs is 7. The van der Waals surface area contributed by atoms with Gasteiger partial charge in [-0.2, -0.15) is 0 Å². The molecule has 4 nitrogen and oxygen atoms in total. The lowest BCUT2D eigenvalue weighted by molar-refractivity contribution is 0.415. The Balaban J connectivity index is 1.75. The second kappa shape index (κ2) is 7.47. The smallest absolute Gasteiger partial charge is 0.137 e. The number of methoxy groups -OCH3 is 1. The minimum atomic E-state index is 0.831. The minimum absolute atomic E-state index is 0.831. The number of hydrogen-bond acceptors (Lipinski definition) is 2. The van der Waals surface area contributed by atoms with E-state index in [2.05, 4.69) is 100 Å². The summed E-state index contributed by atoms with van der Waals surface area (Å²) in [5.41, 5.74) is 6.74. The van der Waals surface area contributed by atoms with Crippen LogP contribution in [0.4, 0.5) is 0 Å². The molecule has 4 aromatic carbocycles. The highest BCUT2D eigenvalue weighted by molar-refractivity contribution is 6.26. The van der Waals surface area contributed by atoms with E-state index in [-0.39, 0.29) is 0 Å². The third-order valence-electron chi connectivity index (χ3n) is 6.89. The number of aromatic nitrogens is 3. The Morgan fingerprint density at radius 1 is 0.629 bits per heavy atom. The molecule has 0 saturated carbocycles. The Morgan fingerprint density at radius 3 is 2.26 bits per heavy atom. The fourth-order valence-corrected chi connectivity index (χ4v) is 5.41. The van der Waals surface area contributed by atoms with Gasteiger partial charge in [-0.15, -0.1) is 0 Å². The molecular formula is C31H23N3O. The molecule has 0 N–H and O–H groups in total. The maximum atomic E-state index is 5.61. The van der Waals surface area contributed by atoms with Gasteiger partial charge in [-0.3, -0.25) is 4.57 Å². The van der Waals surface area contributed by atoms with Crippen molar-refractivity contribution < 1.29 is 4.74 Å². The first kappa shape index (κ1) is 19.9. The Bertz CT molecular complexity index is 1890. The third kappa shape index (κ3) is 2.83. The van der Waals surface area contributed by atoms with Gasteiger partial charge in [0, 0.05) is 39.0 Å². The molecule has 0 fully saturated rings. The first-order valence-corrected chi connectivity index (χ1v) is 11.8. The lowest BCUT2D eigenvalue weighted by Gasteiger charge is -2.10. The molecule has 35 heavy (non-hydrogen) atoms. The van der Waals surface area contributed by atoms with Gasteiger partial charge in [0.25, 0.3) is 0 Å². The highest BCUT2D eigenvalue weighted by Gasteiger charge is 2.21. The molecule has 0 spiro atoms. The average molecular weight is 454 g/mol. The first-order chi connectivity index (χ1) is 17.2. The maximum absolute atomic E-state index is 5.61. The van der Waals surface area contributed by atoms with E-state index in [1.165, 1.54) is 32.6 Å². The van der Waals surface area contributed by atoms with E-state index in [9.17, 15) is 0 Å². The molecule has 4 heteroatoms. The van der Waals surface area contributed by atoms with Gasteiger partial charge < -0.3 is 9.30 Å². The molecule has 0 amide bonds. The van der Waals surface area contributed by atoms with Gasteiger partial charge in [0.05, 0.1) is 29.2 Å². The van der Waals surface area contributed by atoms with Crippen molar-refractivity contribution in [3.8, 4) is 17.3 Å².